The maximum absolute atomic E-state index is 5.66. The Morgan fingerprint density at radius 2 is 1.63 bits per heavy atom. The molecule has 0 bridgehead atoms. The molecule has 0 radical (unpaired) electrons. The van der Waals surface area contributed by atoms with Crippen LogP contribution in [0.15, 0.2) is 40.1 Å². The van der Waals surface area contributed by atoms with Gasteiger partial charge in [-0.15, -0.1) is 23.5 Å². The Balaban J connectivity index is 1.81. The zero-order valence-electron chi connectivity index (χ0n) is 11.1. The van der Waals surface area contributed by atoms with Crippen molar-refractivity contribution in [3.05, 3.63) is 45.7 Å². The molecular formula is C16H18S3. The van der Waals surface area contributed by atoms with E-state index in [1.165, 1.54) is 41.1 Å². The van der Waals surface area contributed by atoms with E-state index in [0.29, 0.717) is 0 Å². The Morgan fingerprint density at radius 3 is 2.21 bits per heavy atom. The van der Waals surface area contributed by atoms with Crippen LogP contribution in [0, 0.1) is 0 Å². The quantitative estimate of drug-likeness (QED) is 0.406. The van der Waals surface area contributed by atoms with Crippen molar-refractivity contribution in [2.45, 2.75) is 43.1 Å². The minimum atomic E-state index is 0.835. The summed E-state index contributed by atoms with van der Waals surface area (Å²) in [6.45, 7) is 2.20. The summed E-state index contributed by atoms with van der Waals surface area (Å²) < 4.78 is 1.48. The van der Waals surface area contributed by atoms with Gasteiger partial charge >= 0.3 is 0 Å². The van der Waals surface area contributed by atoms with Crippen LogP contribution < -0.4 is 0 Å². The standard InChI is InChI=1S/C16H18S3/c1-11(15(17)12-7-3-2-4-8-12)16-18-13-9-5-6-10-14(13)19-16/h2-4,7-8,13-14H,5-6,9-10H2,1H3/t13-,14-/m1/s1. The summed E-state index contributed by atoms with van der Waals surface area (Å²) in [7, 11) is 0. The number of thioether (sulfide) groups is 2. The molecule has 0 nitrogen and oxygen atoms in total. The smallest absolute Gasteiger partial charge is 0.0495 e. The van der Waals surface area contributed by atoms with E-state index in [1.54, 1.807) is 0 Å². The predicted molar refractivity (Wildman–Crippen MR) is 92.1 cm³/mol. The summed E-state index contributed by atoms with van der Waals surface area (Å²) in [6, 6.07) is 10.4. The Labute approximate surface area is 129 Å². The predicted octanol–water partition coefficient (Wildman–Crippen LogP) is 5.43. The summed E-state index contributed by atoms with van der Waals surface area (Å²) in [5, 5.41) is 1.67. The molecule has 1 heterocycles. The Morgan fingerprint density at radius 1 is 1.05 bits per heavy atom. The second-order valence-corrected chi connectivity index (χ2v) is 8.37. The molecule has 3 heteroatoms. The molecule has 2 atom stereocenters. The van der Waals surface area contributed by atoms with Crippen molar-refractivity contribution in [1.29, 1.82) is 0 Å². The number of allylic oxidation sites excluding steroid dienone is 1. The first-order chi connectivity index (χ1) is 9.25. The van der Waals surface area contributed by atoms with Gasteiger partial charge in [-0.05, 0) is 30.9 Å². The highest BCUT2D eigenvalue weighted by Gasteiger charge is 2.35. The van der Waals surface area contributed by atoms with Gasteiger partial charge in [0.25, 0.3) is 0 Å². The first kappa shape index (κ1) is 13.7. The summed E-state index contributed by atoms with van der Waals surface area (Å²) in [4.78, 5) is 1.02. The number of hydrogen-bond donors (Lipinski definition) is 0. The third-order valence-corrected chi connectivity index (χ3v) is 7.91. The molecule has 3 rings (SSSR count). The Hall–Kier alpha value is -0.250. The van der Waals surface area contributed by atoms with Crippen molar-refractivity contribution >= 4 is 40.6 Å². The summed E-state index contributed by atoms with van der Waals surface area (Å²) in [5.41, 5.74) is 2.49. The molecule has 1 aliphatic carbocycles. The number of rotatable bonds is 2. The fourth-order valence-electron chi connectivity index (χ4n) is 2.71. The van der Waals surface area contributed by atoms with Gasteiger partial charge in [-0.1, -0.05) is 55.4 Å². The molecule has 0 spiro atoms. The van der Waals surface area contributed by atoms with E-state index in [-0.39, 0.29) is 0 Å². The minimum absolute atomic E-state index is 0.835. The normalized spacial score (nSPS) is 26.1. The molecule has 0 aromatic heterocycles. The average molecular weight is 307 g/mol. The molecule has 100 valence electrons. The summed E-state index contributed by atoms with van der Waals surface area (Å²) in [5.74, 6) is 0. The molecule has 1 aliphatic heterocycles. The lowest BCUT2D eigenvalue weighted by molar-refractivity contribution is 0.532. The fraction of sp³-hybridized carbons (Fsp3) is 0.438. The van der Waals surface area contributed by atoms with E-state index in [9.17, 15) is 0 Å². The first-order valence-corrected chi connectivity index (χ1v) is 9.06. The van der Waals surface area contributed by atoms with Gasteiger partial charge in [-0.3, -0.25) is 0 Å². The van der Waals surface area contributed by atoms with E-state index in [2.05, 4.69) is 54.7 Å². The minimum Gasteiger partial charge on any atom is -0.114 e. The van der Waals surface area contributed by atoms with Crippen LogP contribution in [-0.2, 0) is 0 Å². The SMILES string of the molecule is CC(C(=S)c1ccccc1)=C1S[C@@H]2CCCC[C@H]2S1. The van der Waals surface area contributed by atoms with Crippen LogP contribution in [0.3, 0.4) is 0 Å². The molecule has 1 aromatic rings. The maximum atomic E-state index is 5.66. The summed E-state index contributed by atoms with van der Waals surface area (Å²) in [6.07, 6.45) is 5.59. The van der Waals surface area contributed by atoms with Gasteiger partial charge in [0.1, 0.15) is 0 Å². The van der Waals surface area contributed by atoms with Gasteiger partial charge in [0.2, 0.25) is 0 Å². The van der Waals surface area contributed by atoms with Crippen LogP contribution in [0.2, 0.25) is 0 Å². The highest BCUT2D eigenvalue weighted by molar-refractivity contribution is 8.26. The highest BCUT2D eigenvalue weighted by Crippen LogP contribution is 2.53. The van der Waals surface area contributed by atoms with Gasteiger partial charge in [0.05, 0.1) is 0 Å². The van der Waals surface area contributed by atoms with Gasteiger partial charge in [0, 0.05) is 19.6 Å². The average Bonchev–Trinajstić information content (AvgIpc) is 2.90. The first-order valence-electron chi connectivity index (χ1n) is 6.89. The van der Waals surface area contributed by atoms with Crippen molar-refractivity contribution in [2.24, 2.45) is 0 Å². The van der Waals surface area contributed by atoms with Gasteiger partial charge in [-0.2, -0.15) is 0 Å². The van der Waals surface area contributed by atoms with Crippen LogP contribution >= 0.6 is 35.7 Å². The molecule has 1 saturated carbocycles. The van der Waals surface area contributed by atoms with Gasteiger partial charge in [-0.25, -0.2) is 0 Å². The molecule has 19 heavy (non-hydrogen) atoms. The Bertz CT molecular complexity index is 488. The molecule has 0 N–H and O–H groups in total. The largest absolute Gasteiger partial charge is 0.114 e. The maximum Gasteiger partial charge on any atom is 0.0495 e. The van der Waals surface area contributed by atoms with Crippen LogP contribution in [0.5, 0.6) is 0 Å². The van der Waals surface area contributed by atoms with Crippen molar-refractivity contribution in [3.63, 3.8) is 0 Å². The second-order valence-electron chi connectivity index (χ2n) is 5.20. The monoisotopic (exact) mass is 306 g/mol. The van der Waals surface area contributed by atoms with Gasteiger partial charge in [0.15, 0.2) is 0 Å². The topological polar surface area (TPSA) is 0 Å². The van der Waals surface area contributed by atoms with Crippen LogP contribution in [0.1, 0.15) is 38.2 Å². The number of benzene rings is 1. The molecule has 2 fully saturated rings. The Kier molecular flexibility index (Phi) is 4.35. The zero-order valence-corrected chi connectivity index (χ0v) is 13.5. The van der Waals surface area contributed by atoms with Crippen LogP contribution in [0.25, 0.3) is 0 Å². The number of thiocarbonyl (C=S) groups is 1. The van der Waals surface area contributed by atoms with E-state index in [1.807, 2.05) is 6.07 Å². The third-order valence-electron chi connectivity index (χ3n) is 3.84. The van der Waals surface area contributed by atoms with Crippen molar-refractivity contribution in [2.75, 3.05) is 0 Å². The highest BCUT2D eigenvalue weighted by atomic mass is 32.2. The third kappa shape index (κ3) is 2.93. The number of fused-ring (bicyclic) bond motifs is 1. The number of hydrogen-bond acceptors (Lipinski definition) is 3. The molecule has 2 aliphatic rings. The molecule has 1 aromatic carbocycles. The summed E-state index contributed by atoms with van der Waals surface area (Å²) >= 11 is 9.82. The molecular weight excluding hydrogens is 288 g/mol. The zero-order chi connectivity index (χ0) is 13.2. The van der Waals surface area contributed by atoms with Crippen LogP contribution in [-0.4, -0.2) is 15.4 Å². The second kappa shape index (κ2) is 6.02. The van der Waals surface area contributed by atoms with Crippen LogP contribution in [0.4, 0.5) is 0 Å². The van der Waals surface area contributed by atoms with Crippen molar-refractivity contribution < 1.29 is 0 Å². The lowest BCUT2D eigenvalue weighted by atomic mass is 10.00. The van der Waals surface area contributed by atoms with Gasteiger partial charge < -0.3 is 0 Å². The molecule has 0 unspecified atom stereocenters. The van der Waals surface area contributed by atoms with Crippen molar-refractivity contribution in [1.82, 2.24) is 0 Å². The lowest BCUT2D eigenvalue weighted by Gasteiger charge is -2.21. The van der Waals surface area contributed by atoms with E-state index in [4.69, 9.17) is 12.2 Å². The fourth-order valence-corrected chi connectivity index (χ4v) is 6.63. The van der Waals surface area contributed by atoms with E-state index < -0.39 is 0 Å². The lowest BCUT2D eigenvalue weighted by Crippen LogP contribution is -2.19. The van der Waals surface area contributed by atoms with E-state index in [0.717, 1.165) is 15.4 Å². The molecule has 1 saturated heterocycles. The molecule has 0 amide bonds. The van der Waals surface area contributed by atoms with E-state index >= 15 is 0 Å². The van der Waals surface area contributed by atoms with Crippen molar-refractivity contribution in [3.8, 4) is 0 Å².